The molecule has 1 aliphatic heterocycles. The van der Waals surface area contributed by atoms with Crippen LogP contribution in [-0.4, -0.2) is 18.5 Å². The minimum atomic E-state index is -0.394. The molecule has 0 bridgehead atoms. The van der Waals surface area contributed by atoms with Crippen molar-refractivity contribution < 1.29 is 0 Å². The van der Waals surface area contributed by atoms with Gasteiger partial charge in [0.2, 0.25) is 0 Å². The molecule has 0 amide bonds. The number of hydrogen-bond donors (Lipinski definition) is 0. The summed E-state index contributed by atoms with van der Waals surface area (Å²) in [4.78, 5) is 14.0. The van der Waals surface area contributed by atoms with Crippen molar-refractivity contribution >= 4 is 24.2 Å². The average Bonchev–Trinajstić information content (AvgIpc) is 3.65. The number of hydrogen-bond acceptors (Lipinski definition) is 3. The summed E-state index contributed by atoms with van der Waals surface area (Å²) in [7, 11) is 0. The minimum Gasteiger partial charge on any atom is -0.256 e. The summed E-state index contributed by atoms with van der Waals surface area (Å²) < 4.78 is 3.64. The third-order valence-electron chi connectivity index (χ3n) is 10.1. The topological polar surface area (TPSA) is 38.7 Å². The molecule has 0 unspecified atom stereocenters. The molecule has 10 rings (SSSR count). The predicted octanol–water partition coefficient (Wildman–Crippen LogP) is 10.8. The summed E-state index contributed by atoms with van der Waals surface area (Å²) >= 11 is -0.179. The SMILES string of the molecule is C1=CI=C(c2cc(-c3ccc4c(c3)-c3cc(-c5ccnc(-c6ccccn6)c5)ccc3C43c4ccccc4-c4ccccc43)ccn2)C=C1. The number of rotatable bonds is 4. The van der Waals surface area contributed by atoms with E-state index >= 15 is 0 Å². The van der Waals surface area contributed by atoms with Crippen LogP contribution in [0, 0.1) is 0 Å². The van der Waals surface area contributed by atoms with Gasteiger partial charge >= 0.3 is 0 Å². The summed E-state index contributed by atoms with van der Waals surface area (Å²) in [6.45, 7) is 0. The Labute approximate surface area is 295 Å². The fourth-order valence-corrected chi connectivity index (χ4v) is 9.84. The standard InChI is InChI=1S/C45H28IN3/c1-3-11-37-33(9-1)34-10-2-4-12-38(34)45(37)39-17-15-29(31-19-23-48-43(27-31)41-13-5-7-21-46-41)25-35(39)36-26-30(16-18-40(36)45)32-20-24-49-44(28-32)42-14-6-8-22-47-42/h1-28H. The Hall–Kier alpha value is -5.59. The van der Waals surface area contributed by atoms with Crippen molar-refractivity contribution in [3.05, 3.63) is 196 Å². The maximum absolute atomic E-state index is 4.77. The molecular formula is C45H28IN3. The van der Waals surface area contributed by atoms with Gasteiger partial charge in [0.25, 0.3) is 0 Å². The smallest absolute Gasteiger partial charge is 0.0892 e. The molecule has 4 aromatic carbocycles. The van der Waals surface area contributed by atoms with Crippen LogP contribution in [0.2, 0.25) is 0 Å². The van der Waals surface area contributed by atoms with Gasteiger partial charge in [0, 0.05) is 22.1 Å². The van der Waals surface area contributed by atoms with Gasteiger partial charge in [-0.3, -0.25) is 15.0 Å². The van der Waals surface area contributed by atoms with E-state index in [-0.39, 0.29) is 20.7 Å². The lowest BCUT2D eigenvalue weighted by Gasteiger charge is -2.30. The molecule has 0 radical (unpaired) electrons. The first kappa shape index (κ1) is 28.4. The highest BCUT2D eigenvalue weighted by Crippen LogP contribution is 2.63. The molecule has 0 saturated heterocycles. The zero-order valence-electron chi connectivity index (χ0n) is 26.4. The van der Waals surface area contributed by atoms with Crippen LogP contribution in [0.5, 0.6) is 0 Å². The Balaban J connectivity index is 1.20. The van der Waals surface area contributed by atoms with Gasteiger partial charge in [0.05, 0.1) is 22.5 Å². The van der Waals surface area contributed by atoms with Gasteiger partial charge in [-0.1, -0.05) is 112 Å². The quantitative estimate of drug-likeness (QED) is 0.169. The van der Waals surface area contributed by atoms with Crippen molar-refractivity contribution in [3.8, 4) is 55.9 Å². The molecule has 230 valence electrons. The fourth-order valence-electron chi connectivity index (χ4n) is 7.98. The van der Waals surface area contributed by atoms with E-state index in [1.807, 2.05) is 36.8 Å². The first-order valence-corrected chi connectivity index (χ1v) is 18.8. The third-order valence-corrected chi connectivity index (χ3v) is 12.4. The first-order valence-electron chi connectivity index (χ1n) is 16.5. The second kappa shape index (κ2) is 11.2. The minimum absolute atomic E-state index is 0.179. The predicted molar refractivity (Wildman–Crippen MR) is 209 cm³/mol. The van der Waals surface area contributed by atoms with Crippen molar-refractivity contribution in [2.24, 2.45) is 0 Å². The molecule has 49 heavy (non-hydrogen) atoms. The van der Waals surface area contributed by atoms with Crippen molar-refractivity contribution in [1.82, 2.24) is 15.0 Å². The van der Waals surface area contributed by atoms with Crippen molar-refractivity contribution in [2.45, 2.75) is 5.41 Å². The number of fused-ring (bicyclic) bond motifs is 10. The third kappa shape index (κ3) is 4.33. The largest absolute Gasteiger partial charge is 0.256 e. The first-order chi connectivity index (χ1) is 24.3. The lowest BCUT2D eigenvalue weighted by molar-refractivity contribution is 0.794. The molecule has 0 fully saturated rings. The Morgan fingerprint density at radius 2 is 0.959 bits per heavy atom. The molecule has 0 saturated carbocycles. The molecule has 2 aliphatic carbocycles. The second-order valence-corrected chi connectivity index (χ2v) is 15.1. The molecular weight excluding hydrogens is 709 g/mol. The summed E-state index contributed by atoms with van der Waals surface area (Å²) in [6, 6.07) is 46.7. The number of aromatic nitrogens is 3. The zero-order valence-corrected chi connectivity index (χ0v) is 28.5. The van der Waals surface area contributed by atoms with Crippen molar-refractivity contribution in [2.75, 3.05) is 0 Å². The van der Waals surface area contributed by atoms with Crippen LogP contribution in [0.1, 0.15) is 27.9 Å². The Morgan fingerprint density at radius 1 is 0.408 bits per heavy atom. The number of pyridine rings is 3. The highest BCUT2D eigenvalue weighted by Gasteiger charge is 2.51. The molecule has 0 atom stereocenters. The molecule has 4 heterocycles. The zero-order chi connectivity index (χ0) is 32.4. The number of benzene rings is 4. The van der Waals surface area contributed by atoms with Crippen LogP contribution in [0.15, 0.2) is 168 Å². The number of allylic oxidation sites excluding steroid dienone is 3. The van der Waals surface area contributed by atoms with E-state index in [1.54, 1.807) is 0 Å². The van der Waals surface area contributed by atoms with Gasteiger partial charge < -0.3 is 0 Å². The van der Waals surface area contributed by atoms with E-state index < -0.39 is 5.41 Å². The fraction of sp³-hybridized carbons (Fsp3) is 0.0222. The van der Waals surface area contributed by atoms with E-state index in [2.05, 4.69) is 141 Å². The molecule has 1 spiro atoms. The van der Waals surface area contributed by atoms with Crippen LogP contribution in [0.3, 0.4) is 0 Å². The van der Waals surface area contributed by atoms with Gasteiger partial charge in [-0.2, -0.15) is 0 Å². The van der Waals surface area contributed by atoms with E-state index in [1.165, 1.54) is 59.1 Å². The van der Waals surface area contributed by atoms with Crippen molar-refractivity contribution in [1.29, 1.82) is 0 Å². The second-order valence-electron chi connectivity index (χ2n) is 12.6. The Morgan fingerprint density at radius 3 is 1.57 bits per heavy atom. The van der Waals surface area contributed by atoms with Crippen LogP contribution < -0.4 is 0 Å². The highest BCUT2D eigenvalue weighted by molar-refractivity contribution is 14.2. The summed E-state index contributed by atoms with van der Waals surface area (Å²) in [6.07, 6.45) is 12.2. The number of halogens is 1. The summed E-state index contributed by atoms with van der Waals surface area (Å²) in [5.41, 5.74) is 17.6. The lowest BCUT2D eigenvalue weighted by atomic mass is 9.70. The Bertz CT molecular complexity index is 2520. The van der Waals surface area contributed by atoms with E-state index in [0.29, 0.717) is 0 Å². The van der Waals surface area contributed by atoms with Crippen LogP contribution in [0.4, 0.5) is 0 Å². The molecule has 3 nitrogen and oxygen atoms in total. The van der Waals surface area contributed by atoms with E-state index in [0.717, 1.165) is 28.2 Å². The lowest BCUT2D eigenvalue weighted by Crippen LogP contribution is -2.25. The highest BCUT2D eigenvalue weighted by atomic mass is 127. The average molecular weight is 738 g/mol. The molecule has 4 heteroatoms. The maximum Gasteiger partial charge on any atom is 0.0892 e. The van der Waals surface area contributed by atoms with Gasteiger partial charge in [-0.05, 0) is 125 Å². The van der Waals surface area contributed by atoms with Gasteiger partial charge in [0.1, 0.15) is 0 Å². The van der Waals surface area contributed by atoms with Gasteiger partial charge in [0.15, 0.2) is 0 Å². The molecule has 3 aliphatic rings. The summed E-state index contributed by atoms with van der Waals surface area (Å²) in [5.74, 6) is 0. The molecule has 7 aromatic rings. The van der Waals surface area contributed by atoms with Gasteiger partial charge in [-0.25, -0.2) is 0 Å². The van der Waals surface area contributed by atoms with Crippen LogP contribution in [0.25, 0.3) is 55.9 Å². The monoisotopic (exact) mass is 737 g/mol. The van der Waals surface area contributed by atoms with Crippen LogP contribution in [-0.2, 0) is 5.41 Å². The molecule has 3 aromatic heterocycles. The van der Waals surface area contributed by atoms with E-state index in [4.69, 9.17) is 4.98 Å². The maximum atomic E-state index is 4.77. The van der Waals surface area contributed by atoms with Crippen LogP contribution >= 0.6 is 20.7 Å². The normalized spacial score (nSPS) is 14.4. The van der Waals surface area contributed by atoms with Crippen molar-refractivity contribution in [3.63, 3.8) is 0 Å². The van der Waals surface area contributed by atoms with E-state index in [9.17, 15) is 0 Å². The Kier molecular flexibility index (Phi) is 6.52. The molecule has 0 N–H and O–H groups in total. The van der Waals surface area contributed by atoms with Gasteiger partial charge in [-0.15, -0.1) is 0 Å². The summed E-state index contributed by atoms with van der Waals surface area (Å²) in [5, 5.41) is 0. The number of nitrogens with zero attached hydrogens (tertiary/aromatic N) is 3.